The summed E-state index contributed by atoms with van der Waals surface area (Å²) in [6.45, 7) is 5.22. The molecule has 0 unspecified atom stereocenters. The van der Waals surface area contributed by atoms with Crippen LogP contribution in [0.3, 0.4) is 0 Å². The Labute approximate surface area is 138 Å². The van der Waals surface area contributed by atoms with E-state index in [2.05, 4.69) is 51.7 Å². The number of hydrogen-bond acceptors (Lipinski definition) is 4. The third-order valence-corrected chi connectivity index (χ3v) is 4.94. The first-order chi connectivity index (χ1) is 11.4. The van der Waals surface area contributed by atoms with Crippen LogP contribution in [-0.2, 0) is 19.5 Å². The van der Waals surface area contributed by atoms with Gasteiger partial charge in [-0.2, -0.15) is 0 Å². The number of nitrogens with one attached hydrogen (secondary N) is 1. The summed E-state index contributed by atoms with van der Waals surface area (Å²) in [7, 11) is 0. The number of fused-ring (bicyclic) bond motifs is 1. The van der Waals surface area contributed by atoms with Crippen LogP contribution in [0.5, 0.6) is 0 Å². The van der Waals surface area contributed by atoms with Crippen molar-refractivity contribution in [2.75, 3.05) is 19.6 Å². The molecule has 0 bridgehead atoms. The lowest BCUT2D eigenvalue weighted by atomic mass is 9.98. The molecule has 1 aromatic carbocycles. The van der Waals surface area contributed by atoms with Gasteiger partial charge in [-0.05, 0) is 24.9 Å². The Kier molecular flexibility index (Phi) is 4.35. The van der Waals surface area contributed by atoms with E-state index in [9.17, 15) is 0 Å². The molecule has 4 nitrogen and oxygen atoms in total. The standard InChI is InChI=1S/C19H24N4/c1-2-5-15(6-3-1)13-23-10-8-18-17(14-23)12-21-19(22-18)16-7-4-9-20-11-16/h1-3,5-6,12,16,20H,4,7-11,13-14H2/t16-/m1/s1. The summed E-state index contributed by atoms with van der Waals surface area (Å²) >= 11 is 0. The second-order valence-electron chi connectivity index (χ2n) is 6.69. The van der Waals surface area contributed by atoms with Gasteiger partial charge in [0.05, 0.1) is 0 Å². The van der Waals surface area contributed by atoms with E-state index < -0.39 is 0 Å². The largest absolute Gasteiger partial charge is 0.316 e. The van der Waals surface area contributed by atoms with Crippen LogP contribution in [0.1, 0.15) is 41.4 Å². The molecule has 0 spiro atoms. The number of nitrogens with zero attached hydrogens (tertiary/aromatic N) is 3. The summed E-state index contributed by atoms with van der Waals surface area (Å²) in [5, 5.41) is 3.46. The molecule has 4 heteroatoms. The Morgan fingerprint density at radius 1 is 1.22 bits per heavy atom. The van der Waals surface area contributed by atoms with Crippen molar-refractivity contribution in [2.24, 2.45) is 0 Å². The van der Waals surface area contributed by atoms with Crippen LogP contribution in [0.15, 0.2) is 36.5 Å². The first kappa shape index (κ1) is 14.8. The molecule has 1 fully saturated rings. The van der Waals surface area contributed by atoms with Crippen LogP contribution in [-0.4, -0.2) is 34.5 Å². The monoisotopic (exact) mass is 308 g/mol. The summed E-state index contributed by atoms with van der Waals surface area (Å²) < 4.78 is 0. The summed E-state index contributed by atoms with van der Waals surface area (Å²) in [5.41, 5.74) is 3.95. The van der Waals surface area contributed by atoms with E-state index in [0.29, 0.717) is 5.92 Å². The highest BCUT2D eigenvalue weighted by molar-refractivity contribution is 5.23. The first-order valence-electron chi connectivity index (χ1n) is 8.70. The molecule has 1 aromatic heterocycles. The van der Waals surface area contributed by atoms with Crippen LogP contribution in [0, 0.1) is 0 Å². The van der Waals surface area contributed by atoms with Gasteiger partial charge in [0.25, 0.3) is 0 Å². The molecule has 1 N–H and O–H groups in total. The second kappa shape index (κ2) is 6.77. The fourth-order valence-electron chi connectivity index (χ4n) is 3.64. The Hall–Kier alpha value is -1.78. The van der Waals surface area contributed by atoms with Gasteiger partial charge in [0.1, 0.15) is 5.82 Å². The van der Waals surface area contributed by atoms with E-state index in [0.717, 1.165) is 45.0 Å². The van der Waals surface area contributed by atoms with Crippen LogP contribution in [0.4, 0.5) is 0 Å². The fourth-order valence-corrected chi connectivity index (χ4v) is 3.64. The highest BCUT2D eigenvalue weighted by Gasteiger charge is 2.22. The molecule has 1 saturated heterocycles. The van der Waals surface area contributed by atoms with Crippen molar-refractivity contribution in [1.82, 2.24) is 20.2 Å². The van der Waals surface area contributed by atoms with Gasteiger partial charge in [0.2, 0.25) is 0 Å². The van der Waals surface area contributed by atoms with Gasteiger partial charge in [0.15, 0.2) is 0 Å². The molecule has 1 atom stereocenters. The van der Waals surface area contributed by atoms with E-state index in [-0.39, 0.29) is 0 Å². The van der Waals surface area contributed by atoms with Gasteiger partial charge >= 0.3 is 0 Å². The normalized spacial score (nSPS) is 21.8. The molecule has 0 radical (unpaired) electrons. The molecule has 23 heavy (non-hydrogen) atoms. The highest BCUT2D eigenvalue weighted by atomic mass is 15.1. The lowest BCUT2D eigenvalue weighted by molar-refractivity contribution is 0.242. The predicted octanol–water partition coefficient (Wildman–Crippen LogP) is 2.50. The smallest absolute Gasteiger partial charge is 0.132 e. The van der Waals surface area contributed by atoms with Crippen molar-refractivity contribution in [1.29, 1.82) is 0 Å². The molecule has 2 aliphatic heterocycles. The number of hydrogen-bond donors (Lipinski definition) is 1. The minimum Gasteiger partial charge on any atom is -0.316 e. The maximum atomic E-state index is 4.90. The van der Waals surface area contributed by atoms with E-state index in [4.69, 9.17) is 4.98 Å². The summed E-state index contributed by atoms with van der Waals surface area (Å²) in [4.78, 5) is 12.1. The molecule has 4 rings (SSSR count). The molecule has 3 heterocycles. The Balaban J connectivity index is 1.45. The zero-order valence-electron chi connectivity index (χ0n) is 13.5. The average molecular weight is 308 g/mol. The van der Waals surface area contributed by atoms with Crippen LogP contribution in [0.25, 0.3) is 0 Å². The SMILES string of the molecule is c1ccc(CN2CCc3nc([C@@H]4CCCNC4)ncc3C2)cc1. The third-order valence-electron chi connectivity index (χ3n) is 4.94. The number of aromatic nitrogens is 2. The van der Waals surface area contributed by atoms with Crippen LogP contribution >= 0.6 is 0 Å². The Bertz CT molecular complexity index is 650. The van der Waals surface area contributed by atoms with Crippen molar-refractivity contribution in [3.8, 4) is 0 Å². The summed E-state index contributed by atoms with van der Waals surface area (Å²) in [6, 6.07) is 10.7. The first-order valence-corrected chi connectivity index (χ1v) is 8.70. The number of rotatable bonds is 3. The van der Waals surface area contributed by atoms with Crippen molar-refractivity contribution >= 4 is 0 Å². The van der Waals surface area contributed by atoms with E-state index in [1.54, 1.807) is 0 Å². The van der Waals surface area contributed by atoms with Gasteiger partial charge in [-0.15, -0.1) is 0 Å². The summed E-state index contributed by atoms with van der Waals surface area (Å²) in [6.07, 6.45) is 5.56. The lowest BCUT2D eigenvalue weighted by Crippen LogP contribution is -2.32. The molecule has 2 aromatic rings. The lowest BCUT2D eigenvalue weighted by Gasteiger charge is -2.29. The van der Waals surface area contributed by atoms with Crippen LogP contribution in [0.2, 0.25) is 0 Å². The van der Waals surface area contributed by atoms with Gasteiger partial charge in [0, 0.05) is 56.0 Å². The third kappa shape index (κ3) is 3.43. The zero-order valence-corrected chi connectivity index (χ0v) is 13.5. The van der Waals surface area contributed by atoms with Crippen molar-refractivity contribution in [3.05, 3.63) is 59.2 Å². The van der Waals surface area contributed by atoms with Gasteiger partial charge in [-0.25, -0.2) is 9.97 Å². The fraction of sp³-hybridized carbons (Fsp3) is 0.474. The molecule has 2 aliphatic rings. The maximum Gasteiger partial charge on any atom is 0.132 e. The molecular weight excluding hydrogens is 284 g/mol. The van der Waals surface area contributed by atoms with E-state index in [1.165, 1.54) is 29.7 Å². The maximum absolute atomic E-state index is 4.90. The topological polar surface area (TPSA) is 41.1 Å². The van der Waals surface area contributed by atoms with Crippen molar-refractivity contribution < 1.29 is 0 Å². The zero-order chi connectivity index (χ0) is 15.5. The Morgan fingerprint density at radius 2 is 2.13 bits per heavy atom. The van der Waals surface area contributed by atoms with Crippen molar-refractivity contribution in [3.63, 3.8) is 0 Å². The minimum absolute atomic E-state index is 0.497. The molecule has 0 amide bonds. The quantitative estimate of drug-likeness (QED) is 0.946. The van der Waals surface area contributed by atoms with Gasteiger partial charge in [-0.1, -0.05) is 30.3 Å². The second-order valence-corrected chi connectivity index (χ2v) is 6.69. The predicted molar refractivity (Wildman–Crippen MR) is 91.1 cm³/mol. The van der Waals surface area contributed by atoms with E-state index >= 15 is 0 Å². The van der Waals surface area contributed by atoms with E-state index in [1.807, 2.05) is 0 Å². The molecule has 0 aliphatic carbocycles. The number of benzene rings is 1. The van der Waals surface area contributed by atoms with Crippen molar-refractivity contribution in [2.45, 2.75) is 38.3 Å². The molecular formula is C19H24N4. The molecule has 0 saturated carbocycles. The van der Waals surface area contributed by atoms with Crippen LogP contribution < -0.4 is 5.32 Å². The number of piperidine rings is 1. The van der Waals surface area contributed by atoms with Gasteiger partial charge in [-0.3, -0.25) is 4.90 Å². The molecule has 120 valence electrons. The Morgan fingerprint density at radius 3 is 2.96 bits per heavy atom. The highest BCUT2D eigenvalue weighted by Crippen LogP contribution is 2.23. The van der Waals surface area contributed by atoms with Gasteiger partial charge < -0.3 is 5.32 Å². The average Bonchev–Trinajstić information content (AvgIpc) is 2.63. The summed E-state index contributed by atoms with van der Waals surface area (Å²) in [5.74, 6) is 1.55. The minimum atomic E-state index is 0.497.